The summed E-state index contributed by atoms with van der Waals surface area (Å²) < 4.78 is 1.87. The van der Waals surface area contributed by atoms with E-state index in [4.69, 9.17) is 10.1 Å². The molecule has 5 nitrogen and oxygen atoms in total. The van der Waals surface area contributed by atoms with Gasteiger partial charge < -0.3 is 5.32 Å². The second-order valence-electron chi connectivity index (χ2n) is 9.00. The summed E-state index contributed by atoms with van der Waals surface area (Å²) in [6.07, 6.45) is 0. The van der Waals surface area contributed by atoms with Gasteiger partial charge in [-0.3, -0.25) is 4.79 Å². The van der Waals surface area contributed by atoms with Crippen molar-refractivity contribution in [1.29, 1.82) is 0 Å². The summed E-state index contributed by atoms with van der Waals surface area (Å²) in [5.41, 5.74) is 6.63. The minimum absolute atomic E-state index is 0.0463. The molecule has 0 saturated heterocycles. The van der Waals surface area contributed by atoms with E-state index in [-0.39, 0.29) is 17.1 Å². The van der Waals surface area contributed by atoms with Gasteiger partial charge in [-0.25, -0.2) is 9.50 Å². The standard InChI is InChI=1S/C26H28N4OS/c1-17-10-9-13-20(14-17)27-22(31)16-32-23-15-21(26(3,4)5)28-25-24(18(2)29-30(23)25)19-11-7-6-8-12-19/h6-15H,16H2,1-5H3,(H,27,31). The predicted octanol–water partition coefficient (Wildman–Crippen LogP) is 6.04. The molecule has 164 valence electrons. The number of hydrogen-bond acceptors (Lipinski definition) is 4. The summed E-state index contributed by atoms with van der Waals surface area (Å²) in [4.78, 5) is 17.6. The highest BCUT2D eigenvalue weighted by atomic mass is 32.2. The minimum atomic E-state index is -0.132. The molecule has 0 saturated carbocycles. The van der Waals surface area contributed by atoms with E-state index in [0.29, 0.717) is 0 Å². The Bertz CT molecular complexity index is 1270. The number of amides is 1. The Morgan fingerprint density at radius 2 is 1.78 bits per heavy atom. The molecule has 0 atom stereocenters. The fourth-order valence-corrected chi connectivity index (χ4v) is 4.38. The third-order valence-electron chi connectivity index (χ3n) is 5.22. The van der Waals surface area contributed by atoms with Gasteiger partial charge in [-0.2, -0.15) is 5.10 Å². The van der Waals surface area contributed by atoms with Gasteiger partial charge in [-0.15, -0.1) is 0 Å². The normalized spacial score (nSPS) is 11.7. The molecule has 0 aliphatic rings. The van der Waals surface area contributed by atoms with Gasteiger partial charge in [0, 0.05) is 16.7 Å². The van der Waals surface area contributed by atoms with E-state index < -0.39 is 0 Å². The van der Waals surface area contributed by atoms with E-state index in [1.54, 1.807) is 0 Å². The molecular formula is C26H28N4OS. The predicted molar refractivity (Wildman–Crippen MR) is 132 cm³/mol. The number of aryl methyl sites for hydroxylation is 2. The molecule has 0 aliphatic carbocycles. The molecule has 4 rings (SSSR count). The maximum Gasteiger partial charge on any atom is 0.234 e. The summed E-state index contributed by atoms with van der Waals surface area (Å²) in [5, 5.41) is 8.68. The van der Waals surface area contributed by atoms with Crippen molar-refractivity contribution in [2.75, 3.05) is 11.1 Å². The zero-order valence-corrected chi connectivity index (χ0v) is 20.0. The first-order valence-electron chi connectivity index (χ1n) is 10.7. The van der Waals surface area contributed by atoms with Gasteiger partial charge >= 0.3 is 0 Å². The van der Waals surface area contributed by atoms with Crippen molar-refractivity contribution in [2.24, 2.45) is 0 Å². The van der Waals surface area contributed by atoms with Crippen LogP contribution in [0.3, 0.4) is 0 Å². The topological polar surface area (TPSA) is 59.3 Å². The number of thioether (sulfide) groups is 1. The molecule has 2 heterocycles. The molecular weight excluding hydrogens is 416 g/mol. The number of aromatic nitrogens is 3. The van der Waals surface area contributed by atoms with Crippen LogP contribution in [0.15, 0.2) is 65.7 Å². The lowest BCUT2D eigenvalue weighted by Crippen LogP contribution is -2.17. The second-order valence-corrected chi connectivity index (χ2v) is 9.99. The first-order chi connectivity index (χ1) is 15.2. The molecule has 0 unspecified atom stereocenters. The average Bonchev–Trinajstić information content (AvgIpc) is 3.08. The third kappa shape index (κ3) is 4.70. The van der Waals surface area contributed by atoms with Gasteiger partial charge in [0.15, 0.2) is 5.65 Å². The number of carbonyl (C=O) groups excluding carboxylic acids is 1. The number of benzene rings is 2. The van der Waals surface area contributed by atoms with Crippen molar-refractivity contribution in [2.45, 2.75) is 45.1 Å². The molecule has 2 aromatic carbocycles. The summed E-state index contributed by atoms with van der Waals surface area (Å²) in [6.45, 7) is 10.5. The van der Waals surface area contributed by atoms with Crippen LogP contribution in [0, 0.1) is 13.8 Å². The Labute approximate surface area is 193 Å². The average molecular weight is 445 g/mol. The van der Waals surface area contributed by atoms with Gasteiger partial charge in [-0.1, -0.05) is 75.0 Å². The maximum absolute atomic E-state index is 12.6. The summed E-state index contributed by atoms with van der Waals surface area (Å²) in [5.74, 6) is 0.242. The van der Waals surface area contributed by atoms with Crippen LogP contribution in [0.4, 0.5) is 5.69 Å². The van der Waals surface area contributed by atoms with Gasteiger partial charge in [0.25, 0.3) is 0 Å². The number of nitrogens with one attached hydrogen (secondary N) is 1. The highest BCUT2D eigenvalue weighted by Crippen LogP contribution is 2.33. The molecule has 6 heteroatoms. The van der Waals surface area contributed by atoms with E-state index in [1.807, 2.05) is 60.8 Å². The van der Waals surface area contributed by atoms with Crippen molar-refractivity contribution < 1.29 is 4.79 Å². The number of carbonyl (C=O) groups is 1. The number of anilines is 1. The first-order valence-corrected chi connectivity index (χ1v) is 11.7. The largest absolute Gasteiger partial charge is 0.325 e. The first kappa shape index (κ1) is 22.1. The Kier molecular flexibility index (Phi) is 6.07. The fraction of sp³-hybridized carbons (Fsp3) is 0.269. The van der Waals surface area contributed by atoms with Crippen LogP contribution in [-0.2, 0) is 10.2 Å². The molecule has 0 aliphatic heterocycles. The Hall–Kier alpha value is -3.12. The van der Waals surface area contributed by atoms with E-state index >= 15 is 0 Å². The quantitative estimate of drug-likeness (QED) is 0.301. The number of hydrogen-bond donors (Lipinski definition) is 1. The minimum Gasteiger partial charge on any atom is -0.325 e. The zero-order valence-electron chi connectivity index (χ0n) is 19.1. The van der Waals surface area contributed by atoms with Gasteiger partial charge in [0.05, 0.1) is 17.1 Å². The van der Waals surface area contributed by atoms with Crippen molar-refractivity contribution in [3.8, 4) is 11.1 Å². The summed E-state index contributed by atoms with van der Waals surface area (Å²) in [6, 6.07) is 20.1. The van der Waals surface area contributed by atoms with Crippen LogP contribution in [0.5, 0.6) is 0 Å². The number of rotatable bonds is 5. The Morgan fingerprint density at radius 1 is 1.03 bits per heavy atom. The van der Waals surface area contributed by atoms with Crippen molar-refractivity contribution in [3.05, 3.63) is 77.6 Å². The van der Waals surface area contributed by atoms with Gasteiger partial charge in [-0.05, 0) is 43.2 Å². The summed E-state index contributed by atoms with van der Waals surface area (Å²) >= 11 is 1.48. The molecule has 2 aromatic heterocycles. The molecule has 32 heavy (non-hydrogen) atoms. The molecule has 0 bridgehead atoms. The van der Waals surface area contributed by atoms with Gasteiger partial charge in [0.2, 0.25) is 5.91 Å². The van der Waals surface area contributed by atoms with Crippen LogP contribution >= 0.6 is 11.8 Å². The highest BCUT2D eigenvalue weighted by molar-refractivity contribution is 7.99. The molecule has 1 amide bonds. The highest BCUT2D eigenvalue weighted by Gasteiger charge is 2.22. The second kappa shape index (κ2) is 8.79. The van der Waals surface area contributed by atoms with E-state index in [1.165, 1.54) is 11.8 Å². The van der Waals surface area contributed by atoms with Crippen molar-refractivity contribution in [1.82, 2.24) is 14.6 Å². The monoisotopic (exact) mass is 444 g/mol. The van der Waals surface area contributed by atoms with Crippen LogP contribution in [-0.4, -0.2) is 26.3 Å². The molecule has 1 N–H and O–H groups in total. The van der Waals surface area contributed by atoms with Crippen LogP contribution in [0.1, 0.15) is 37.7 Å². The number of nitrogens with zero attached hydrogens (tertiary/aromatic N) is 3. The SMILES string of the molecule is Cc1cccc(NC(=O)CSc2cc(C(C)(C)C)nc3c(-c4ccccc4)c(C)nn23)c1. The molecule has 0 fully saturated rings. The van der Waals surface area contributed by atoms with Crippen LogP contribution in [0.2, 0.25) is 0 Å². The fourth-order valence-electron chi connectivity index (χ4n) is 3.59. The maximum atomic E-state index is 12.6. The van der Waals surface area contributed by atoms with Crippen LogP contribution in [0.25, 0.3) is 16.8 Å². The van der Waals surface area contributed by atoms with Crippen molar-refractivity contribution >= 4 is 29.0 Å². The lowest BCUT2D eigenvalue weighted by molar-refractivity contribution is -0.113. The third-order valence-corrected chi connectivity index (χ3v) is 6.21. The lowest BCUT2D eigenvalue weighted by Gasteiger charge is -2.19. The smallest absolute Gasteiger partial charge is 0.234 e. The number of fused-ring (bicyclic) bond motifs is 1. The molecule has 0 spiro atoms. The van der Waals surface area contributed by atoms with Crippen molar-refractivity contribution in [3.63, 3.8) is 0 Å². The molecule has 4 aromatic rings. The Morgan fingerprint density at radius 3 is 2.47 bits per heavy atom. The van der Waals surface area contributed by atoms with E-state index in [0.717, 1.165) is 44.4 Å². The van der Waals surface area contributed by atoms with E-state index in [2.05, 4.69) is 44.3 Å². The summed E-state index contributed by atoms with van der Waals surface area (Å²) in [7, 11) is 0. The van der Waals surface area contributed by atoms with Crippen LogP contribution < -0.4 is 5.32 Å². The zero-order chi connectivity index (χ0) is 22.9. The molecule has 0 radical (unpaired) electrons. The van der Waals surface area contributed by atoms with Gasteiger partial charge in [0.1, 0.15) is 5.03 Å². The Balaban J connectivity index is 1.69. The lowest BCUT2D eigenvalue weighted by atomic mass is 9.92. The van der Waals surface area contributed by atoms with E-state index in [9.17, 15) is 4.79 Å².